The molecule has 0 amide bonds. The minimum Gasteiger partial charge on any atom is -0.473 e. The van der Waals surface area contributed by atoms with Gasteiger partial charge in [-0.05, 0) is 53.6 Å². The fourth-order valence-electron chi connectivity index (χ4n) is 1.87. The fourth-order valence-corrected chi connectivity index (χ4v) is 2.64. The van der Waals surface area contributed by atoms with Crippen molar-refractivity contribution in [1.29, 1.82) is 0 Å². The molecule has 1 heterocycles. The standard InChI is InChI=1S/C11H14IN.C2H2O4/c12-10-6-2-1-5-9(10)11-7-3-4-8-13-11;3-1(4)2(5)6/h1-2,5-6,11,13H,3-4,7-8H2;(H,3,4)(H,5,6). The van der Waals surface area contributed by atoms with Crippen molar-refractivity contribution in [1.82, 2.24) is 5.32 Å². The monoisotopic (exact) mass is 377 g/mol. The molecular formula is C13H16INO4. The number of hydrogen-bond donors (Lipinski definition) is 3. The Labute approximate surface area is 125 Å². The molecule has 6 heteroatoms. The maximum absolute atomic E-state index is 9.10. The average Bonchev–Trinajstić information content (AvgIpc) is 2.41. The van der Waals surface area contributed by atoms with Gasteiger partial charge in [0.15, 0.2) is 0 Å². The van der Waals surface area contributed by atoms with Crippen LogP contribution in [-0.4, -0.2) is 28.7 Å². The van der Waals surface area contributed by atoms with E-state index in [0.29, 0.717) is 6.04 Å². The molecule has 5 nitrogen and oxygen atoms in total. The van der Waals surface area contributed by atoms with Gasteiger partial charge >= 0.3 is 11.9 Å². The minimum atomic E-state index is -1.82. The molecule has 1 aromatic carbocycles. The van der Waals surface area contributed by atoms with Crippen LogP contribution in [0.5, 0.6) is 0 Å². The molecule has 0 radical (unpaired) electrons. The summed E-state index contributed by atoms with van der Waals surface area (Å²) in [6.45, 7) is 1.18. The van der Waals surface area contributed by atoms with E-state index < -0.39 is 11.9 Å². The Bertz CT molecular complexity index is 432. The Morgan fingerprint density at radius 1 is 1.16 bits per heavy atom. The number of piperidine rings is 1. The van der Waals surface area contributed by atoms with Crippen molar-refractivity contribution in [2.75, 3.05) is 6.54 Å². The highest BCUT2D eigenvalue weighted by molar-refractivity contribution is 14.1. The van der Waals surface area contributed by atoms with Crippen molar-refractivity contribution in [3.63, 3.8) is 0 Å². The lowest BCUT2D eigenvalue weighted by atomic mass is 9.98. The highest BCUT2D eigenvalue weighted by atomic mass is 127. The van der Waals surface area contributed by atoms with Crippen molar-refractivity contribution in [3.8, 4) is 0 Å². The van der Waals surface area contributed by atoms with E-state index in [1.54, 1.807) is 0 Å². The summed E-state index contributed by atoms with van der Waals surface area (Å²) in [4.78, 5) is 18.2. The van der Waals surface area contributed by atoms with Crippen LogP contribution in [0.2, 0.25) is 0 Å². The Hall–Kier alpha value is -1.15. The molecule has 1 aliphatic rings. The molecule has 104 valence electrons. The lowest BCUT2D eigenvalue weighted by Gasteiger charge is -2.24. The van der Waals surface area contributed by atoms with Crippen molar-refractivity contribution in [2.45, 2.75) is 25.3 Å². The lowest BCUT2D eigenvalue weighted by Crippen LogP contribution is -2.27. The molecule has 1 fully saturated rings. The Morgan fingerprint density at radius 3 is 2.26 bits per heavy atom. The maximum atomic E-state index is 9.10. The Kier molecular flexibility index (Phi) is 6.79. The summed E-state index contributed by atoms with van der Waals surface area (Å²) in [5.41, 5.74) is 1.47. The van der Waals surface area contributed by atoms with E-state index in [-0.39, 0.29) is 0 Å². The summed E-state index contributed by atoms with van der Waals surface area (Å²) in [6.07, 6.45) is 3.99. The van der Waals surface area contributed by atoms with Crippen LogP contribution in [0, 0.1) is 3.57 Å². The molecule has 3 N–H and O–H groups in total. The predicted molar refractivity (Wildman–Crippen MR) is 79.0 cm³/mol. The molecular weight excluding hydrogens is 361 g/mol. The second-order valence-electron chi connectivity index (χ2n) is 4.13. The summed E-state index contributed by atoms with van der Waals surface area (Å²) in [5.74, 6) is -3.65. The molecule has 0 aliphatic carbocycles. The SMILES string of the molecule is Ic1ccccc1C1CCCCN1.O=C(O)C(=O)O. The quantitative estimate of drug-likeness (QED) is 0.516. The summed E-state index contributed by atoms with van der Waals surface area (Å²) < 4.78 is 1.39. The number of benzene rings is 1. The van der Waals surface area contributed by atoms with Gasteiger partial charge < -0.3 is 15.5 Å². The van der Waals surface area contributed by atoms with Crippen molar-refractivity contribution in [3.05, 3.63) is 33.4 Å². The normalized spacial score (nSPS) is 18.1. The molecule has 0 saturated carbocycles. The van der Waals surface area contributed by atoms with E-state index in [9.17, 15) is 0 Å². The Balaban J connectivity index is 0.000000258. The molecule has 0 aromatic heterocycles. The van der Waals surface area contributed by atoms with Crippen LogP contribution in [0.25, 0.3) is 0 Å². The van der Waals surface area contributed by atoms with Gasteiger partial charge in [-0.1, -0.05) is 24.6 Å². The number of rotatable bonds is 1. The predicted octanol–water partition coefficient (Wildman–Crippen LogP) is 2.26. The number of carboxylic acids is 2. The molecule has 0 bridgehead atoms. The van der Waals surface area contributed by atoms with E-state index in [1.807, 2.05) is 0 Å². The first-order valence-electron chi connectivity index (χ1n) is 5.96. The minimum absolute atomic E-state index is 0.599. The average molecular weight is 377 g/mol. The topological polar surface area (TPSA) is 86.6 Å². The smallest absolute Gasteiger partial charge is 0.414 e. The second kappa shape index (κ2) is 8.11. The maximum Gasteiger partial charge on any atom is 0.414 e. The number of carbonyl (C=O) groups is 2. The van der Waals surface area contributed by atoms with Gasteiger partial charge in [0, 0.05) is 9.61 Å². The van der Waals surface area contributed by atoms with E-state index in [2.05, 4.69) is 52.2 Å². The number of hydrogen-bond acceptors (Lipinski definition) is 3. The zero-order valence-electron chi connectivity index (χ0n) is 10.3. The van der Waals surface area contributed by atoms with Gasteiger partial charge in [0.2, 0.25) is 0 Å². The molecule has 2 rings (SSSR count). The first-order valence-corrected chi connectivity index (χ1v) is 7.04. The summed E-state index contributed by atoms with van der Waals surface area (Å²) >= 11 is 2.42. The van der Waals surface area contributed by atoms with Crippen LogP contribution in [0.3, 0.4) is 0 Å². The third-order valence-corrected chi connectivity index (χ3v) is 3.76. The zero-order chi connectivity index (χ0) is 14.3. The number of carboxylic acid groups (broad SMARTS) is 2. The van der Waals surface area contributed by atoms with Crippen LogP contribution in [0.1, 0.15) is 30.9 Å². The van der Waals surface area contributed by atoms with Gasteiger partial charge in [-0.15, -0.1) is 0 Å². The third kappa shape index (κ3) is 5.56. The summed E-state index contributed by atoms with van der Waals surface area (Å²) in [7, 11) is 0. The Morgan fingerprint density at radius 2 is 1.79 bits per heavy atom. The van der Waals surface area contributed by atoms with Gasteiger partial charge in [-0.25, -0.2) is 9.59 Å². The number of halogens is 1. The van der Waals surface area contributed by atoms with Gasteiger partial charge in [0.05, 0.1) is 0 Å². The van der Waals surface area contributed by atoms with Gasteiger partial charge in [-0.3, -0.25) is 0 Å². The molecule has 1 aromatic rings. The van der Waals surface area contributed by atoms with Crippen molar-refractivity contribution < 1.29 is 19.8 Å². The lowest BCUT2D eigenvalue weighted by molar-refractivity contribution is -0.159. The summed E-state index contributed by atoms with van der Waals surface area (Å²) in [6, 6.07) is 9.26. The van der Waals surface area contributed by atoms with Crippen molar-refractivity contribution >= 4 is 34.5 Å². The van der Waals surface area contributed by atoms with E-state index in [4.69, 9.17) is 19.8 Å². The van der Waals surface area contributed by atoms with E-state index >= 15 is 0 Å². The fraction of sp³-hybridized carbons (Fsp3) is 0.385. The van der Waals surface area contributed by atoms with Gasteiger partial charge in [0.1, 0.15) is 0 Å². The van der Waals surface area contributed by atoms with E-state index in [1.165, 1.54) is 34.9 Å². The summed E-state index contributed by atoms with van der Waals surface area (Å²) in [5, 5.41) is 18.4. The molecule has 1 saturated heterocycles. The first-order chi connectivity index (χ1) is 9.02. The molecule has 1 aliphatic heterocycles. The molecule has 19 heavy (non-hydrogen) atoms. The molecule has 1 atom stereocenters. The molecule has 0 spiro atoms. The van der Waals surface area contributed by atoms with Crippen LogP contribution < -0.4 is 5.32 Å². The zero-order valence-corrected chi connectivity index (χ0v) is 12.5. The van der Waals surface area contributed by atoms with Crippen LogP contribution in [-0.2, 0) is 9.59 Å². The number of nitrogens with one attached hydrogen (secondary N) is 1. The van der Waals surface area contributed by atoms with Crippen LogP contribution in [0.15, 0.2) is 24.3 Å². The molecule has 1 unspecified atom stereocenters. The van der Waals surface area contributed by atoms with Gasteiger partial charge in [0.25, 0.3) is 0 Å². The highest BCUT2D eigenvalue weighted by Crippen LogP contribution is 2.26. The largest absolute Gasteiger partial charge is 0.473 e. The first kappa shape index (κ1) is 15.9. The number of aliphatic carboxylic acids is 2. The van der Waals surface area contributed by atoms with Crippen molar-refractivity contribution in [2.24, 2.45) is 0 Å². The van der Waals surface area contributed by atoms with E-state index in [0.717, 1.165) is 0 Å². The van der Waals surface area contributed by atoms with Crippen LogP contribution in [0.4, 0.5) is 0 Å². The third-order valence-electron chi connectivity index (χ3n) is 2.77. The van der Waals surface area contributed by atoms with Crippen LogP contribution >= 0.6 is 22.6 Å². The highest BCUT2D eigenvalue weighted by Gasteiger charge is 2.15. The van der Waals surface area contributed by atoms with Gasteiger partial charge in [-0.2, -0.15) is 0 Å². The second-order valence-corrected chi connectivity index (χ2v) is 5.30.